The molecule has 0 N–H and O–H groups in total. The molecular formula is C20H18O4. The number of hydrogen-bond acceptors (Lipinski definition) is 4. The molecule has 0 unspecified atom stereocenters. The normalized spacial score (nSPS) is 10.8. The first-order valence-corrected chi connectivity index (χ1v) is 7.89. The van der Waals surface area contributed by atoms with Gasteiger partial charge in [0.1, 0.15) is 16.9 Å². The third kappa shape index (κ3) is 2.83. The largest absolute Gasteiger partial charge is 0.497 e. The molecule has 3 aromatic rings. The van der Waals surface area contributed by atoms with E-state index in [1.54, 1.807) is 19.2 Å². The minimum atomic E-state index is -0.604. The van der Waals surface area contributed by atoms with E-state index in [2.05, 4.69) is 0 Å². The van der Waals surface area contributed by atoms with Crippen LogP contribution in [0.2, 0.25) is 0 Å². The maximum Gasteiger partial charge on any atom is 0.347 e. The molecule has 122 valence electrons. The number of rotatable bonds is 5. The van der Waals surface area contributed by atoms with Gasteiger partial charge in [-0.2, -0.15) is 0 Å². The lowest BCUT2D eigenvalue weighted by Crippen LogP contribution is -2.16. The van der Waals surface area contributed by atoms with Crippen LogP contribution in [0.25, 0.3) is 22.1 Å². The fraction of sp³-hybridized carbons (Fsp3) is 0.200. The smallest absolute Gasteiger partial charge is 0.347 e. The van der Waals surface area contributed by atoms with Crippen molar-refractivity contribution < 1.29 is 13.9 Å². The van der Waals surface area contributed by atoms with Gasteiger partial charge in [-0.15, -0.1) is 0 Å². The Morgan fingerprint density at radius 3 is 2.54 bits per heavy atom. The summed E-state index contributed by atoms with van der Waals surface area (Å²) in [6.45, 7) is 1.91. The molecule has 0 bridgehead atoms. The van der Waals surface area contributed by atoms with Crippen molar-refractivity contribution in [2.24, 2.45) is 0 Å². The number of ketones is 1. The summed E-state index contributed by atoms with van der Waals surface area (Å²) in [5.41, 5.74) is 1.38. The van der Waals surface area contributed by atoms with E-state index in [4.69, 9.17) is 9.15 Å². The molecule has 4 nitrogen and oxygen atoms in total. The van der Waals surface area contributed by atoms with Gasteiger partial charge in [0.05, 0.1) is 7.11 Å². The highest BCUT2D eigenvalue weighted by atomic mass is 16.5. The third-order valence-electron chi connectivity index (χ3n) is 3.93. The number of carbonyl (C=O) groups excluding carboxylic acids is 1. The molecular weight excluding hydrogens is 304 g/mol. The van der Waals surface area contributed by atoms with Gasteiger partial charge >= 0.3 is 5.63 Å². The average Bonchev–Trinajstić information content (AvgIpc) is 2.60. The molecule has 0 spiro atoms. The van der Waals surface area contributed by atoms with Gasteiger partial charge in [-0.05, 0) is 24.1 Å². The van der Waals surface area contributed by atoms with Crippen LogP contribution in [0.1, 0.15) is 30.1 Å². The van der Waals surface area contributed by atoms with Crippen molar-refractivity contribution >= 4 is 16.8 Å². The Balaban J connectivity index is 2.39. The molecule has 1 heterocycles. The standard InChI is InChI=1S/C20H18O4/c1-3-7-16(21)19-18(13-8-5-4-6-9-13)15-11-10-14(23-2)12-17(15)24-20(19)22/h4-6,8-12H,3,7H2,1-2H3. The molecule has 0 radical (unpaired) electrons. The Labute approximate surface area is 139 Å². The number of benzene rings is 2. The SMILES string of the molecule is CCCC(=O)c1c(-c2ccccc2)c2ccc(OC)cc2oc1=O. The zero-order valence-corrected chi connectivity index (χ0v) is 13.7. The van der Waals surface area contributed by atoms with Crippen molar-refractivity contribution in [3.8, 4) is 16.9 Å². The minimum Gasteiger partial charge on any atom is -0.497 e. The summed E-state index contributed by atoms with van der Waals surface area (Å²) in [5.74, 6) is 0.403. The van der Waals surface area contributed by atoms with E-state index < -0.39 is 5.63 Å². The quantitative estimate of drug-likeness (QED) is 0.514. The number of methoxy groups -OCH3 is 1. The van der Waals surface area contributed by atoms with E-state index in [0.29, 0.717) is 29.7 Å². The van der Waals surface area contributed by atoms with E-state index in [1.165, 1.54) is 0 Å². The lowest BCUT2D eigenvalue weighted by Gasteiger charge is -2.12. The Morgan fingerprint density at radius 1 is 1.12 bits per heavy atom. The molecule has 0 saturated carbocycles. The zero-order chi connectivity index (χ0) is 17.1. The van der Waals surface area contributed by atoms with Crippen LogP contribution in [0, 0.1) is 0 Å². The summed E-state index contributed by atoms with van der Waals surface area (Å²) in [6, 6.07) is 14.7. The molecule has 4 heteroatoms. The fourth-order valence-electron chi connectivity index (χ4n) is 2.82. The van der Waals surface area contributed by atoms with E-state index >= 15 is 0 Å². The monoisotopic (exact) mass is 322 g/mol. The molecule has 24 heavy (non-hydrogen) atoms. The van der Waals surface area contributed by atoms with E-state index in [0.717, 1.165) is 10.9 Å². The predicted octanol–water partition coefficient (Wildman–Crippen LogP) is 4.45. The van der Waals surface area contributed by atoms with Gasteiger partial charge in [0.15, 0.2) is 5.78 Å². The Morgan fingerprint density at radius 2 is 1.88 bits per heavy atom. The Bertz CT molecular complexity index is 939. The Hall–Kier alpha value is -2.88. The number of fused-ring (bicyclic) bond motifs is 1. The Kier molecular flexibility index (Phi) is 4.47. The second-order valence-electron chi connectivity index (χ2n) is 5.54. The molecule has 0 aliphatic rings. The van der Waals surface area contributed by atoms with Crippen molar-refractivity contribution in [3.05, 3.63) is 64.5 Å². The van der Waals surface area contributed by atoms with Crippen molar-refractivity contribution in [1.29, 1.82) is 0 Å². The first-order valence-electron chi connectivity index (χ1n) is 7.89. The second-order valence-corrected chi connectivity index (χ2v) is 5.54. The highest BCUT2D eigenvalue weighted by Gasteiger charge is 2.21. The minimum absolute atomic E-state index is 0.126. The van der Waals surface area contributed by atoms with Gasteiger partial charge in [0.25, 0.3) is 0 Å². The summed E-state index contributed by atoms with van der Waals surface area (Å²) < 4.78 is 10.6. The highest BCUT2D eigenvalue weighted by molar-refractivity contribution is 6.08. The van der Waals surface area contributed by atoms with Gasteiger partial charge in [0.2, 0.25) is 0 Å². The molecule has 0 amide bonds. The molecule has 2 aromatic carbocycles. The lowest BCUT2D eigenvalue weighted by atomic mass is 9.93. The number of ether oxygens (including phenoxy) is 1. The third-order valence-corrected chi connectivity index (χ3v) is 3.93. The van der Waals surface area contributed by atoms with Crippen molar-refractivity contribution in [2.75, 3.05) is 7.11 Å². The van der Waals surface area contributed by atoms with Crippen LogP contribution in [0.3, 0.4) is 0 Å². The van der Waals surface area contributed by atoms with Crippen molar-refractivity contribution in [1.82, 2.24) is 0 Å². The van der Waals surface area contributed by atoms with Crippen LogP contribution >= 0.6 is 0 Å². The molecule has 0 fully saturated rings. The molecule has 0 aliphatic heterocycles. The van der Waals surface area contributed by atoms with Gasteiger partial charge < -0.3 is 9.15 Å². The second kappa shape index (κ2) is 6.71. The molecule has 3 rings (SSSR count). The summed E-state index contributed by atoms with van der Waals surface area (Å²) in [4.78, 5) is 25.1. The van der Waals surface area contributed by atoms with Gasteiger partial charge in [-0.1, -0.05) is 37.3 Å². The fourth-order valence-corrected chi connectivity index (χ4v) is 2.82. The first-order chi connectivity index (χ1) is 11.7. The van der Waals surface area contributed by atoms with Crippen LogP contribution in [-0.4, -0.2) is 12.9 Å². The van der Waals surface area contributed by atoms with Crippen LogP contribution in [0.5, 0.6) is 5.75 Å². The zero-order valence-electron chi connectivity index (χ0n) is 13.7. The first kappa shape index (κ1) is 16.0. The van der Waals surface area contributed by atoms with Crippen LogP contribution in [0.15, 0.2) is 57.7 Å². The predicted molar refractivity (Wildman–Crippen MR) is 93.7 cm³/mol. The molecule has 0 saturated heterocycles. The number of Topliss-reactive ketones (excluding diaryl/α,β-unsaturated/α-hetero) is 1. The molecule has 0 atom stereocenters. The lowest BCUT2D eigenvalue weighted by molar-refractivity contribution is 0.0979. The van der Waals surface area contributed by atoms with Crippen LogP contribution in [0.4, 0.5) is 0 Å². The van der Waals surface area contributed by atoms with Gasteiger partial charge in [-0.25, -0.2) is 4.79 Å². The van der Waals surface area contributed by atoms with Crippen molar-refractivity contribution in [3.63, 3.8) is 0 Å². The molecule has 0 aliphatic carbocycles. The number of carbonyl (C=O) groups is 1. The van der Waals surface area contributed by atoms with Crippen LogP contribution in [-0.2, 0) is 0 Å². The van der Waals surface area contributed by atoms with Crippen LogP contribution < -0.4 is 10.4 Å². The summed E-state index contributed by atoms with van der Waals surface area (Å²) in [7, 11) is 1.55. The number of hydrogen-bond donors (Lipinski definition) is 0. The van der Waals surface area contributed by atoms with Gasteiger partial charge in [0, 0.05) is 23.4 Å². The summed E-state index contributed by atoms with van der Waals surface area (Å²) in [5, 5.41) is 0.723. The van der Waals surface area contributed by atoms with E-state index in [9.17, 15) is 9.59 Å². The highest BCUT2D eigenvalue weighted by Crippen LogP contribution is 2.32. The average molecular weight is 322 g/mol. The van der Waals surface area contributed by atoms with Gasteiger partial charge in [-0.3, -0.25) is 4.79 Å². The maximum atomic E-state index is 12.5. The summed E-state index contributed by atoms with van der Waals surface area (Å²) in [6.07, 6.45) is 0.986. The summed E-state index contributed by atoms with van der Waals surface area (Å²) >= 11 is 0. The maximum absolute atomic E-state index is 12.5. The van der Waals surface area contributed by atoms with Crippen molar-refractivity contribution in [2.45, 2.75) is 19.8 Å². The van der Waals surface area contributed by atoms with E-state index in [1.807, 2.05) is 43.3 Å². The van der Waals surface area contributed by atoms with E-state index in [-0.39, 0.29) is 11.3 Å². The molecule has 1 aromatic heterocycles. The topological polar surface area (TPSA) is 56.5 Å².